The van der Waals surface area contributed by atoms with E-state index < -0.39 is 6.04 Å². The molecule has 1 atom stereocenters. The van der Waals surface area contributed by atoms with Gasteiger partial charge in [-0.3, -0.25) is 5.10 Å². The third-order valence-electron chi connectivity index (χ3n) is 5.99. The highest BCUT2D eigenvalue weighted by Crippen LogP contribution is 2.31. The SMILES string of the molecule is Cc1[nH]nc2cc(-c3nc([C@H](Cc4ccccc4)NC(=O)NCc4cc(Cl)cc(Cl)c4)[nH]c3Cl)ccc12. The number of aryl methyl sites for hydroxylation is 1. The van der Waals surface area contributed by atoms with Crippen molar-refractivity contribution in [2.45, 2.75) is 25.9 Å². The lowest BCUT2D eigenvalue weighted by Gasteiger charge is -2.18. The number of carbonyl (C=O) groups excluding carboxylic acids is 1. The van der Waals surface area contributed by atoms with E-state index in [9.17, 15) is 4.79 Å². The summed E-state index contributed by atoms with van der Waals surface area (Å²) in [5.41, 5.74) is 5.07. The molecule has 37 heavy (non-hydrogen) atoms. The van der Waals surface area contributed by atoms with Crippen LogP contribution in [0.15, 0.2) is 66.7 Å². The maximum Gasteiger partial charge on any atom is 0.315 e. The molecule has 0 bridgehead atoms. The number of imidazole rings is 1. The topological polar surface area (TPSA) is 98.5 Å². The van der Waals surface area contributed by atoms with Gasteiger partial charge in [-0.05, 0) is 48.7 Å². The lowest BCUT2D eigenvalue weighted by molar-refractivity contribution is 0.236. The zero-order valence-corrected chi connectivity index (χ0v) is 22.0. The largest absolute Gasteiger partial charge is 0.334 e. The van der Waals surface area contributed by atoms with Crippen molar-refractivity contribution >= 4 is 51.7 Å². The van der Waals surface area contributed by atoms with Gasteiger partial charge in [0.05, 0.1) is 11.6 Å². The molecule has 0 aliphatic heterocycles. The number of benzene rings is 3. The van der Waals surface area contributed by atoms with Crippen LogP contribution < -0.4 is 10.6 Å². The number of aromatic nitrogens is 4. The first-order chi connectivity index (χ1) is 17.9. The summed E-state index contributed by atoms with van der Waals surface area (Å²) in [6.07, 6.45) is 0.512. The van der Waals surface area contributed by atoms with Crippen molar-refractivity contribution in [2.75, 3.05) is 0 Å². The highest BCUT2D eigenvalue weighted by atomic mass is 35.5. The molecule has 2 heterocycles. The van der Waals surface area contributed by atoms with Crippen LogP contribution in [0.3, 0.4) is 0 Å². The molecule has 7 nitrogen and oxygen atoms in total. The Kier molecular flexibility index (Phi) is 7.37. The molecule has 2 amide bonds. The van der Waals surface area contributed by atoms with Crippen LogP contribution in [-0.2, 0) is 13.0 Å². The maximum absolute atomic E-state index is 12.9. The first-order valence-corrected chi connectivity index (χ1v) is 12.7. The van der Waals surface area contributed by atoms with E-state index in [0.717, 1.165) is 33.3 Å². The molecular formula is C27H23Cl3N6O. The number of urea groups is 1. The minimum absolute atomic E-state index is 0.261. The Balaban J connectivity index is 1.39. The predicted molar refractivity (Wildman–Crippen MR) is 148 cm³/mol. The van der Waals surface area contributed by atoms with Crippen LogP contribution in [0.4, 0.5) is 4.79 Å². The molecule has 4 N–H and O–H groups in total. The van der Waals surface area contributed by atoms with Gasteiger partial charge < -0.3 is 15.6 Å². The summed E-state index contributed by atoms with van der Waals surface area (Å²) in [6, 6.07) is 20.1. The van der Waals surface area contributed by atoms with E-state index in [0.29, 0.717) is 33.1 Å². The molecular weight excluding hydrogens is 531 g/mol. The third-order valence-corrected chi connectivity index (χ3v) is 6.70. The molecule has 10 heteroatoms. The van der Waals surface area contributed by atoms with Crippen molar-refractivity contribution in [1.29, 1.82) is 0 Å². The number of amides is 2. The van der Waals surface area contributed by atoms with Gasteiger partial charge in [0.1, 0.15) is 16.7 Å². The van der Waals surface area contributed by atoms with Gasteiger partial charge in [0, 0.05) is 33.2 Å². The van der Waals surface area contributed by atoms with Crippen molar-refractivity contribution in [1.82, 2.24) is 30.8 Å². The first kappa shape index (κ1) is 25.1. The Hall–Kier alpha value is -3.52. The highest BCUT2D eigenvalue weighted by molar-refractivity contribution is 6.34. The molecule has 0 fully saturated rings. The van der Waals surface area contributed by atoms with Gasteiger partial charge in [0.2, 0.25) is 0 Å². The Morgan fingerprint density at radius 1 is 0.973 bits per heavy atom. The molecule has 0 aliphatic carbocycles. The van der Waals surface area contributed by atoms with E-state index in [2.05, 4.69) is 25.8 Å². The van der Waals surface area contributed by atoms with Gasteiger partial charge in [0.15, 0.2) is 0 Å². The summed E-state index contributed by atoms with van der Waals surface area (Å²) in [5, 5.41) is 15.7. The molecule has 0 spiro atoms. The van der Waals surface area contributed by atoms with Crippen molar-refractivity contribution in [3.63, 3.8) is 0 Å². The number of carbonyl (C=O) groups is 1. The molecule has 0 aliphatic rings. The number of aromatic amines is 2. The summed E-state index contributed by atoms with van der Waals surface area (Å²) in [4.78, 5) is 20.8. The van der Waals surface area contributed by atoms with E-state index in [1.54, 1.807) is 18.2 Å². The minimum atomic E-state index is -0.465. The number of fused-ring (bicyclic) bond motifs is 1. The standard InChI is InChI=1S/C27H23Cl3N6O/c1-15-21-8-7-18(12-22(21)36-35-15)24-25(30)34-26(33-24)23(11-16-5-3-2-4-6-16)32-27(37)31-14-17-9-19(28)13-20(29)10-17/h2-10,12-13,23H,11,14H2,1H3,(H,33,34)(H,35,36)(H2,31,32,37)/t23-/m0/s1. The Bertz CT molecular complexity index is 1540. The molecule has 0 saturated heterocycles. The van der Waals surface area contributed by atoms with Crippen LogP contribution in [0.2, 0.25) is 15.2 Å². The maximum atomic E-state index is 12.9. The fourth-order valence-corrected chi connectivity index (χ4v) is 5.01. The zero-order valence-electron chi connectivity index (χ0n) is 19.8. The van der Waals surface area contributed by atoms with Crippen molar-refractivity contribution in [3.05, 3.63) is 105 Å². The summed E-state index contributed by atoms with van der Waals surface area (Å²) >= 11 is 18.7. The van der Waals surface area contributed by atoms with Crippen LogP contribution in [0.25, 0.3) is 22.2 Å². The summed E-state index contributed by atoms with van der Waals surface area (Å²) in [7, 11) is 0. The number of hydrogen-bond donors (Lipinski definition) is 4. The molecule has 2 aromatic heterocycles. The first-order valence-electron chi connectivity index (χ1n) is 11.6. The van der Waals surface area contributed by atoms with E-state index in [1.807, 2.05) is 55.5 Å². The molecule has 5 aromatic rings. The number of halogens is 3. The fraction of sp³-hybridized carbons (Fsp3) is 0.148. The van der Waals surface area contributed by atoms with Crippen LogP contribution in [0.1, 0.15) is 28.7 Å². The molecule has 3 aromatic carbocycles. The highest BCUT2D eigenvalue weighted by Gasteiger charge is 2.22. The van der Waals surface area contributed by atoms with Gasteiger partial charge in [-0.25, -0.2) is 9.78 Å². The molecule has 5 rings (SSSR count). The second kappa shape index (κ2) is 10.8. The fourth-order valence-electron chi connectivity index (χ4n) is 4.19. The average molecular weight is 554 g/mol. The van der Waals surface area contributed by atoms with Gasteiger partial charge in [0.25, 0.3) is 0 Å². The smallest absolute Gasteiger partial charge is 0.315 e. The number of nitrogens with zero attached hydrogens (tertiary/aromatic N) is 2. The number of hydrogen-bond acceptors (Lipinski definition) is 3. The molecule has 0 radical (unpaired) electrons. The Morgan fingerprint density at radius 2 is 1.73 bits per heavy atom. The molecule has 0 unspecified atom stereocenters. The van der Waals surface area contributed by atoms with Crippen LogP contribution >= 0.6 is 34.8 Å². The van der Waals surface area contributed by atoms with E-state index in [4.69, 9.17) is 39.8 Å². The Morgan fingerprint density at radius 3 is 2.49 bits per heavy atom. The van der Waals surface area contributed by atoms with Gasteiger partial charge in [-0.1, -0.05) is 77.3 Å². The van der Waals surface area contributed by atoms with Gasteiger partial charge >= 0.3 is 6.03 Å². The lowest BCUT2D eigenvalue weighted by atomic mass is 10.1. The monoisotopic (exact) mass is 552 g/mol. The summed E-state index contributed by atoms with van der Waals surface area (Å²) in [6.45, 7) is 2.23. The average Bonchev–Trinajstić information content (AvgIpc) is 3.44. The van der Waals surface area contributed by atoms with Crippen LogP contribution in [-0.4, -0.2) is 26.2 Å². The zero-order chi connectivity index (χ0) is 25.9. The van der Waals surface area contributed by atoms with Crippen molar-refractivity contribution < 1.29 is 4.79 Å². The Labute approximate surface area is 228 Å². The quantitative estimate of drug-likeness (QED) is 0.175. The van der Waals surface area contributed by atoms with E-state index in [-0.39, 0.29) is 12.6 Å². The second-order valence-electron chi connectivity index (χ2n) is 8.71. The summed E-state index contributed by atoms with van der Waals surface area (Å²) < 4.78 is 0. The van der Waals surface area contributed by atoms with Crippen LogP contribution in [0.5, 0.6) is 0 Å². The number of H-pyrrole nitrogens is 2. The van der Waals surface area contributed by atoms with Crippen LogP contribution in [0, 0.1) is 6.92 Å². The van der Waals surface area contributed by atoms with Gasteiger partial charge in [-0.2, -0.15) is 5.10 Å². The third kappa shape index (κ3) is 5.91. The van der Waals surface area contributed by atoms with Crippen molar-refractivity contribution in [2.24, 2.45) is 0 Å². The van der Waals surface area contributed by atoms with Crippen molar-refractivity contribution in [3.8, 4) is 11.3 Å². The normalized spacial score (nSPS) is 12.0. The van der Waals surface area contributed by atoms with E-state index >= 15 is 0 Å². The van der Waals surface area contributed by atoms with E-state index in [1.165, 1.54) is 0 Å². The number of rotatable bonds is 7. The molecule has 188 valence electrons. The minimum Gasteiger partial charge on any atom is -0.334 e. The summed E-state index contributed by atoms with van der Waals surface area (Å²) in [5.74, 6) is 0.545. The second-order valence-corrected chi connectivity index (χ2v) is 9.96. The van der Waals surface area contributed by atoms with Gasteiger partial charge in [-0.15, -0.1) is 0 Å². The lowest BCUT2D eigenvalue weighted by Crippen LogP contribution is -2.38. The number of nitrogens with one attached hydrogen (secondary N) is 4. The molecule has 0 saturated carbocycles. The predicted octanol–water partition coefficient (Wildman–Crippen LogP) is 7.00.